The van der Waals surface area contributed by atoms with E-state index < -0.39 is 0 Å². The van der Waals surface area contributed by atoms with Gasteiger partial charge in [-0.1, -0.05) is 0 Å². The quantitative estimate of drug-likeness (QED) is 0.509. The molecule has 4 aromatic rings. The molecule has 0 atom stereocenters. The fourth-order valence-electron chi connectivity index (χ4n) is 3.39. The lowest BCUT2D eigenvalue weighted by Gasteiger charge is -2.13. The maximum absolute atomic E-state index is 13.1. The predicted octanol–water partition coefficient (Wildman–Crippen LogP) is 3.01. The third-order valence-corrected chi connectivity index (χ3v) is 5.34. The number of rotatable bonds is 6. The summed E-state index contributed by atoms with van der Waals surface area (Å²) in [7, 11) is 0. The van der Waals surface area contributed by atoms with Crippen LogP contribution in [-0.2, 0) is 6.54 Å². The molecule has 1 amide bonds. The number of hydrogen-bond acceptors (Lipinski definition) is 7. The van der Waals surface area contributed by atoms with Crippen molar-refractivity contribution in [3.05, 3.63) is 60.3 Å². The maximum atomic E-state index is 13.1. The Morgan fingerprint density at radius 3 is 2.90 bits per heavy atom. The van der Waals surface area contributed by atoms with Gasteiger partial charge in [-0.25, -0.2) is 19.9 Å². The van der Waals surface area contributed by atoms with Crippen LogP contribution in [0.3, 0.4) is 0 Å². The molecule has 152 valence electrons. The van der Waals surface area contributed by atoms with E-state index >= 15 is 0 Å². The van der Waals surface area contributed by atoms with Crippen LogP contribution in [0.4, 0.5) is 5.82 Å². The van der Waals surface area contributed by atoms with E-state index in [9.17, 15) is 4.79 Å². The number of amides is 1. The third kappa shape index (κ3) is 3.38. The second kappa shape index (κ2) is 6.94. The minimum Gasteiger partial charge on any atom is -0.442 e. The molecule has 1 aliphatic carbocycles. The molecule has 4 aromatic heterocycles. The van der Waals surface area contributed by atoms with Gasteiger partial charge in [0.05, 0.1) is 10.9 Å². The van der Waals surface area contributed by atoms with Crippen LogP contribution >= 0.6 is 0 Å². The van der Waals surface area contributed by atoms with Crippen LogP contribution < -0.4 is 10.6 Å². The molecule has 30 heavy (non-hydrogen) atoms. The summed E-state index contributed by atoms with van der Waals surface area (Å²) in [5, 5.41) is 7.03. The lowest BCUT2D eigenvalue weighted by atomic mass is 10.1. The van der Waals surface area contributed by atoms with Crippen LogP contribution in [0.25, 0.3) is 16.9 Å². The van der Waals surface area contributed by atoms with Crippen LogP contribution in [-0.4, -0.2) is 35.9 Å². The van der Waals surface area contributed by atoms with Crippen LogP contribution in [0, 0.1) is 6.92 Å². The number of aryl methyl sites for hydroxylation is 1. The van der Waals surface area contributed by atoms with Crippen molar-refractivity contribution in [2.45, 2.75) is 38.8 Å². The van der Waals surface area contributed by atoms with Crippen molar-refractivity contribution in [3.63, 3.8) is 0 Å². The first kappa shape index (κ1) is 18.3. The third-order valence-electron chi connectivity index (χ3n) is 5.34. The number of carbonyl (C=O) groups excluding carboxylic acids is 1. The molecule has 9 nitrogen and oxygen atoms in total. The Hall–Kier alpha value is -3.75. The number of nitrogens with zero attached hydrogens (tertiary/aromatic N) is 5. The van der Waals surface area contributed by atoms with Crippen LogP contribution in [0.2, 0.25) is 0 Å². The monoisotopic (exact) mass is 403 g/mol. The van der Waals surface area contributed by atoms with Crippen LogP contribution in [0.15, 0.2) is 47.8 Å². The van der Waals surface area contributed by atoms with Gasteiger partial charge in [-0.05, 0) is 44.4 Å². The van der Waals surface area contributed by atoms with Crippen molar-refractivity contribution in [1.82, 2.24) is 29.8 Å². The van der Waals surface area contributed by atoms with E-state index in [2.05, 4.69) is 37.5 Å². The van der Waals surface area contributed by atoms with E-state index in [-0.39, 0.29) is 11.4 Å². The molecular weight excluding hydrogens is 382 g/mol. The smallest absolute Gasteiger partial charge is 0.255 e. The summed E-state index contributed by atoms with van der Waals surface area (Å²) in [4.78, 5) is 30.0. The van der Waals surface area contributed by atoms with Gasteiger partial charge in [-0.3, -0.25) is 9.36 Å². The SMILES string of the molecule is Cc1oc2ncnc(NC3(C)CC3)c2c1C(=O)NCc1ccnc(-n2ccnc2)c1. The van der Waals surface area contributed by atoms with Gasteiger partial charge in [0.1, 0.15) is 30.1 Å². The highest BCUT2D eigenvalue weighted by Crippen LogP contribution is 2.40. The lowest BCUT2D eigenvalue weighted by Crippen LogP contribution is -2.24. The van der Waals surface area contributed by atoms with Crippen molar-refractivity contribution < 1.29 is 9.21 Å². The second-order valence-corrected chi connectivity index (χ2v) is 7.80. The second-order valence-electron chi connectivity index (χ2n) is 7.80. The maximum Gasteiger partial charge on any atom is 0.255 e. The van der Waals surface area contributed by atoms with Crippen molar-refractivity contribution in [3.8, 4) is 5.82 Å². The molecule has 4 heterocycles. The number of carbonyl (C=O) groups is 1. The van der Waals surface area contributed by atoms with Crippen molar-refractivity contribution in [2.24, 2.45) is 0 Å². The standard InChI is InChI=1S/C21H21N7O2/c1-13-16(17-18(27-21(2)4-5-21)25-11-26-20(17)30-13)19(29)24-10-14-3-6-23-15(9-14)28-8-7-22-12-28/h3,6-9,11-12H,4-5,10H2,1-2H3,(H,24,29)(H,25,26,27). The molecule has 5 rings (SSSR count). The van der Waals surface area contributed by atoms with E-state index in [0.29, 0.717) is 34.8 Å². The number of nitrogens with one attached hydrogen (secondary N) is 2. The minimum absolute atomic E-state index is 0.0148. The van der Waals surface area contributed by atoms with Crippen molar-refractivity contribution in [1.29, 1.82) is 0 Å². The van der Waals surface area contributed by atoms with E-state index in [4.69, 9.17) is 4.42 Å². The molecule has 0 saturated heterocycles. The Bertz CT molecular complexity index is 1230. The van der Waals surface area contributed by atoms with E-state index in [1.807, 2.05) is 22.9 Å². The normalized spacial score (nSPS) is 14.6. The van der Waals surface area contributed by atoms with Gasteiger partial charge in [0.15, 0.2) is 0 Å². The number of fused-ring (bicyclic) bond motifs is 1. The first-order valence-corrected chi connectivity index (χ1v) is 9.76. The summed E-state index contributed by atoms with van der Waals surface area (Å²) >= 11 is 0. The van der Waals surface area contributed by atoms with Gasteiger partial charge < -0.3 is 15.1 Å². The van der Waals surface area contributed by atoms with Gasteiger partial charge >= 0.3 is 0 Å². The Morgan fingerprint density at radius 2 is 2.13 bits per heavy atom. The van der Waals surface area contributed by atoms with Crippen molar-refractivity contribution >= 4 is 22.8 Å². The van der Waals surface area contributed by atoms with Gasteiger partial charge in [-0.2, -0.15) is 0 Å². The summed E-state index contributed by atoms with van der Waals surface area (Å²) in [5.41, 5.74) is 1.81. The van der Waals surface area contributed by atoms with Gasteiger partial charge in [-0.15, -0.1) is 0 Å². The average Bonchev–Trinajstić information content (AvgIpc) is 3.13. The zero-order chi connectivity index (χ0) is 20.7. The molecule has 1 fully saturated rings. The highest BCUT2D eigenvalue weighted by atomic mass is 16.3. The largest absolute Gasteiger partial charge is 0.442 e. The van der Waals surface area contributed by atoms with E-state index in [0.717, 1.165) is 24.2 Å². The highest BCUT2D eigenvalue weighted by Gasteiger charge is 2.38. The first-order chi connectivity index (χ1) is 14.5. The number of aromatic nitrogens is 5. The zero-order valence-electron chi connectivity index (χ0n) is 16.7. The van der Waals surface area contributed by atoms with Gasteiger partial charge in [0.25, 0.3) is 5.91 Å². The number of hydrogen-bond donors (Lipinski definition) is 2. The summed E-state index contributed by atoms with van der Waals surface area (Å²) in [6.45, 7) is 4.25. The number of pyridine rings is 1. The number of anilines is 1. The first-order valence-electron chi connectivity index (χ1n) is 9.76. The summed E-state index contributed by atoms with van der Waals surface area (Å²) in [6, 6.07) is 3.78. The summed E-state index contributed by atoms with van der Waals surface area (Å²) in [5.74, 6) is 1.65. The summed E-state index contributed by atoms with van der Waals surface area (Å²) < 4.78 is 7.56. The van der Waals surface area contributed by atoms with E-state index in [1.165, 1.54) is 6.33 Å². The highest BCUT2D eigenvalue weighted by molar-refractivity contribution is 6.10. The Labute approximate surface area is 172 Å². The zero-order valence-corrected chi connectivity index (χ0v) is 16.7. The van der Waals surface area contributed by atoms with E-state index in [1.54, 1.807) is 25.6 Å². The lowest BCUT2D eigenvalue weighted by molar-refractivity contribution is 0.0951. The molecule has 1 saturated carbocycles. The van der Waals surface area contributed by atoms with Crippen molar-refractivity contribution in [2.75, 3.05) is 5.32 Å². The molecule has 2 N–H and O–H groups in total. The van der Waals surface area contributed by atoms with Gasteiger partial charge in [0.2, 0.25) is 5.71 Å². The fraction of sp³-hybridized carbons (Fsp3) is 0.286. The van der Waals surface area contributed by atoms with Crippen LogP contribution in [0.5, 0.6) is 0 Å². The molecule has 0 aliphatic heterocycles. The molecule has 9 heteroatoms. The number of furan rings is 1. The Balaban J connectivity index is 1.40. The summed E-state index contributed by atoms with van der Waals surface area (Å²) in [6.07, 6.45) is 10.5. The fourth-order valence-corrected chi connectivity index (χ4v) is 3.39. The van der Waals surface area contributed by atoms with Crippen LogP contribution in [0.1, 0.15) is 41.4 Å². The molecule has 0 spiro atoms. The van der Waals surface area contributed by atoms with Gasteiger partial charge in [0, 0.05) is 30.7 Å². The Kier molecular flexibility index (Phi) is 4.23. The average molecular weight is 403 g/mol. The number of imidazole rings is 1. The molecule has 0 radical (unpaired) electrons. The molecule has 0 unspecified atom stereocenters. The topological polar surface area (TPSA) is 111 Å². The molecular formula is C21H21N7O2. The minimum atomic E-state index is -0.231. The molecule has 0 bridgehead atoms. The molecule has 0 aromatic carbocycles. The molecule has 1 aliphatic rings. The predicted molar refractivity (Wildman–Crippen MR) is 110 cm³/mol. The Morgan fingerprint density at radius 1 is 1.27 bits per heavy atom.